The summed E-state index contributed by atoms with van der Waals surface area (Å²) in [7, 11) is -11.7. The van der Waals surface area contributed by atoms with Gasteiger partial charge in [0.2, 0.25) is 5.75 Å². The lowest BCUT2D eigenvalue weighted by Crippen LogP contribution is -2.17. The molecule has 34 heavy (non-hydrogen) atoms. The highest BCUT2D eigenvalue weighted by molar-refractivity contribution is 7.92. The Hall–Kier alpha value is -4.25. The highest BCUT2D eigenvalue weighted by atomic mass is 32.2. The molecule has 1 N–H and O–H groups in total. The van der Waals surface area contributed by atoms with Gasteiger partial charge in [0.25, 0.3) is 15.9 Å². The second-order valence-electron chi connectivity index (χ2n) is 6.14. The maximum atomic E-state index is 13.5. The van der Waals surface area contributed by atoms with E-state index in [4.69, 9.17) is 34.8 Å². The fourth-order valence-corrected chi connectivity index (χ4v) is 3.30. The van der Waals surface area contributed by atoms with E-state index in [1.54, 1.807) is 0 Å². The van der Waals surface area contributed by atoms with Gasteiger partial charge in [-0.05, 0) is 42.7 Å². The largest absolute Gasteiger partial charge is 0.493 e. The summed E-state index contributed by atoms with van der Waals surface area (Å²) in [4.78, 5) is 14.9. The quantitative estimate of drug-likeness (QED) is 0.389. The Bertz CT molecular complexity index is 2070. The van der Waals surface area contributed by atoms with Crippen LogP contribution in [0.1, 0.15) is 26.1 Å². The third-order valence-corrected chi connectivity index (χ3v) is 5.12. The van der Waals surface area contributed by atoms with Crippen molar-refractivity contribution in [2.45, 2.75) is 11.9 Å². The van der Waals surface area contributed by atoms with Gasteiger partial charge in [0.15, 0.2) is 28.2 Å². The average Bonchev–Trinajstić information content (AvgIpc) is 2.96. The molecule has 0 atom stereocenters. The van der Waals surface area contributed by atoms with Crippen molar-refractivity contribution >= 4 is 15.8 Å². The number of aromatic nitrogens is 4. The fraction of sp³-hybridized carbons (Fsp3) is 0.130. The van der Waals surface area contributed by atoms with E-state index in [0.717, 1.165) is 6.07 Å². The summed E-state index contributed by atoms with van der Waals surface area (Å²) in [6, 6.07) is -3.62. The minimum atomic E-state index is -4.94. The van der Waals surface area contributed by atoms with Crippen molar-refractivity contribution in [1.29, 1.82) is 0 Å². The lowest BCUT2D eigenvalue weighted by Gasteiger charge is -2.17. The van der Waals surface area contributed by atoms with E-state index in [0.29, 0.717) is 0 Å². The van der Waals surface area contributed by atoms with Crippen LogP contribution in [0.4, 0.5) is 5.82 Å². The summed E-state index contributed by atoms with van der Waals surface area (Å²) in [6.07, 6.45) is -2.15. The van der Waals surface area contributed by atoms with Gasteiger partial charge >= 0.3 is 0 Å². The summed E-state index contributed by atoms with van der Waals surface area (Å²) in [5, 5.41) is -0.784. The second kappa shape index (κ2) is 9.71. The van der Waals surface area contributed by atoms with Gasteiger partial charge in [0, 0.05) is 24.1 Å². The van der Waals surface area contributed by atoms with Gasteiger partial charge in [-0.1, -0.05) is 18.2 Å². The molecule has 0 bridgehead atoms. The molecule has 0 saturated heterocycles. The molecule has 3 heterocycles. The number of aryl methyl sites for hydroxylation is 1. The number of sulfonamides is 1. The lowest BCUT2D eigenvalue weighted by molar-refractivity contribution is 0.348. The molecule has 0 saturated carbocycles. The SMILES string of the molecule is [2H]c1nc(S(=O)(=O)Nc2nc(-c3c([2H])c([2H])nc([2H])c3[2H])nc(OC([2H])([2H])[2H])c2Oc2c([2H])c([2H])c([2H])c([2H])c2OC([2H])([2H])[2H])ccc1C. The summed E-state index contributed by atoms with van der Waals surface area (Å²) < 4.78 is 162. The van der Waals surface area contributed by atoms with E-state index in [9.17, 15) is 8.42 Å². The van der Waals surface area contributed by atoms with Gasteiger partial charge in [0.05, 0.1) is 34.6 Å². The number of pyridine rings is 2. The van der Waals surface area contributed by atoms with Gasteiger partial charge in [-0.15, -0.1) is 0 Å². The summed E-state index contributed by atoms with van der Waals surface area (Å²) in [5.41, 5.74) is -0.441. The Labute approximate surface area is 217 Å². The zero-order chi connectivity index (χ0) is 37.0. The van der Waals surface area contributed by atoms with Crippen LogP contribution < -0.4 is 18.9 Å². The Morgan fingerprint density at radius 2 is 1.76 bits per heavy atom. The highest BCUT2D eigenvalue weighted by Crippen LogP contribution is 2.41. The summed E-state index contributed by atoms with van der Waals surface area (Å²) in [6.45, 7) is 1.47. The first kappa shape index (κ1) is 10.8. The van der Waals surface area contributed by atoms with Crippen LogP contribution in [0.5, 0.6) is 23.1 Å². The average molecular weight is 495 g/mol. The van der Waals surface area contributed by atoms with Crippen molar-refractivity contribution in [3.05, 3.63) is 72.5 Å². The van der Waals surface area contributed by atoms with E-state index in [-0.39, 0.29) is 5.56 Å². The standard InChI is InChI=1S/C23H21N5O5S/c1-15-8-9-19(25-14-15)34(29,30)28-22-20(33-18-7-5-4-6-17(18)31-2)23(32-3)27-21(26-22)16-10-12-24-13-11-16/h4-14H,1-3H3,(H,26,27,28)/i2D3,3D3,4D,5D,6D,7D,10D,11D,12D,13D,14D. The van der Waals surface area contributed by atoms with E-state index in [1.807, 2.05) is 4.72 Å². The third-order valence-electron chi connectivity index (χ3n) is 3.88. The van der Waals surface area contributed by atoms with Crippen LogP contribution in [0, 0.1) is 6.92 Å². The van der Waals surface area contributed by atoms with Crippen molar-refractivity contribution in [1.82, 2.24) is 19.9 Å². The second-order valence-corrected chi connectivity index (χ2v) is 7.77. The first-order chi connectivity index (χ1) is 22.4. The molecule has 0 unspecified atom stereocenters. The molecule has 174 valence electrons. The summed E-state index contributed by atoms with van der Waals surface area (Å²) in [5.74, 6) is -6.61. The van der Waals surface area contributed by atoms with Gasteiger partial charge in [-0.2, -0.15) is 13.4 Å². The zero-order valence-corrected chi connectivity index (χ0v) is 17.7. The van der Waals surface area contributed by atoms with Crippen LogP contribution in [-0.4, -0.2) is 42.4 Å². The Morgan fingerprint density at radius 1 is 1.00 bits per heavy atom. The van der Waals surface area contributed by atoms with Gasteiger partial charge in [-0.25, -0.2) is 9.97 Å². The van der Waals surface area contributed by atoms with Crippen LogP contribution in [-0.2, 0) is 10.0 Å². The predicted octanol–water partition coefficient (Wildman–Crippen LogP) is 3.85. The molecule has 3 aromatic heterocycles. The van der Waals surface area contributed by atoms with Gasteiger partial charge in [-0.3, -0.25) is 9.71 Å². The number of rotatable bonds is 8. The van der Waals surface area contributed by atoms with Crippen LogP contribution in [0.2, 0.25) is 0 Å². The number of nitrogens with zero attached hydrogens (tertiary/aromatic N) is 4. The first-order valence-electron chi connectivity index (χ1n) is 16.4. The molecule has 1 aromatic carbocycles. The first-order valence-corrected chi connectivity index (χ1v) is 10.4. The van der Waals surface area contributed by atoms with Crippen molar-refractivity contribution in [2.75, 3.05) is 18.8 Å². The molecule has 11 heteroatoms. The number of nitrogens with one attached hydrogen (secondary N) is 1. The maximum Gasteiger partial charge on any atom is 0.280 e. The predicted molar refractivity (Wildman–Crippen MR) is 125 cm³/mol. The monoisotopic (exact) mass is 494 g/mol. The van der Waals surface area contributed by atoms with E-state index in [1.165, 1.54) is 13.0 Å². The van der Waals surface area contributed by atoms with E-state index >= 15 is 0 Å². The molecule has 4 rings (SSSR count). The van der Waals surface area contributed by atoms with Crippen molar-refractivity contribution in [3.8, 4) is 34.5 Å². The van der Waals surface area contributed by atoms with Crippen LogP contribution in [0.3, 0.4) is 0 Å². The van der Waals surface area contributed by atoms with Crippen LogP contribution in [0.25, 0.3) is 11.4 Å². The maximum absolute atomic E-state index is 13.5. The number of hydrogen-bond donors (Lipinski definition) is 1. The smallest absolute Gasteiger partial charge is 0.280 e. The van der Waals surface area contributed by atoms with Gasteiger partial charge < -0.3 is 14.2 Å². The molecule has 0 aliphatic heterocycles. The molecule has 0 fully saturated rings. The Morgan fingerprint density at radius 3 is 2.50 bits per heavy atom. The van der Waals surface area contributed by atoms with Crippen molar-refractivity contribution < 1.29 is 43.2 Å². The highest BCUT2D eigenvalue weighted by Gasteiger charge is 2.25. The number of anilines is 1. The topological polar surface area (TPSA) is 125 Å². The van der Waals surface area contributed by atoms with E-state index < -0.39 is 124 Å². The number of hydrogen-bond acceptors (Lipinski definition) is 9. The molecule has 0 aliphatic carbocycles. The van der Waals surface area contributed by atoms with Crippen molar-refractivity contribution in [3.63, 3.8) is 0 Å². The number of para-hydroxylation sites is 2. The molecule has 0 aliphatic rings. The van der Waals surface area contributed by atoms with Crippen LogP contribution in [0.15, 0.2) is 71.9 Å². The molecule has 10 nitrogen and oxygen atoms in total. The minimum Gasteiger partial charge on any atom is -0.493 e. The molecule has 0 spiro atoms. The number of ether oxygens (including phenoxy) is 3. The third kappa shape index (κ3) is 4.89. The molecule has 4 aromatic rings. The normalized spacial score (nSPS) is 18.1. The van der Waals surface area contributed by atoms with Gasteiger partial charge in [0.1, 0.15) is 0 Å². The van der Waals surface area contributed by atoms with Crippen molar-refractivity contribution in [2.24, 2.45) is 0 Å². The lowest BCUT2D eigenvalue weighted by atomic mass is 10.2. The van der Waals surface area contributed by atoms with E-state index in [2.05, 4.69) is 19.9 Å². The number of benzene rings is 1. The minimum absolute atomic E-state index is 0.279. The number of methoxy groups -OCH3 is 2. The zero-order valence-electron chi connectivity index (χ0n) is 31.9. The molecule has 0 amide bonds. The Kier molecular flexibility index (Phi) is 3.08. The molecular weight excluding hydrogens is 458 g/mol. The van der Waals surface area contributed by atoms with Crippen LogP contribution >= 0.6 is 0 Å². The Balaban J connectivity index is 2.13. The molecule has 0 radical (unpaired) electrons. The fourth-order valence-electron chi connectivity index (χ4n) is 2.39. The molecular formula is C23H21N5O5S. The summed E-state index contributed by atoms with van der Waals surface area (Å²) >= 11 is 0.